The second-order valence-corrected chi connectivity index (χ2v) is 7.70. The van der Waals surface area contributed by atoms with E-state index in [4.69, 9.17) is 4.74 Å². The van der Waals surface area contributed by atoms with Crippen LogP contribution in [0.25, 0.3) is 11.1 Å². The summed E-state index contributed by atoms with van der Waals surface area (Å²) in [6.07, 6.45) is 1.44. The van der Waals surface area contributed by atoms with Crippen LogP contribution in [0.1, 0.15) is 31.4 Å². The first kappa shape index (κ1) is 18.8. The van der Waals surface area contributed by atoms with E-state index in [1.165, 1.54) is 5.56 Å². The van der Waals surface area contributed by atoms with Gasteiger partial charge in [0.1, 0.15) is 5.75 Å². The lowest BCUT2D eigenvalue weighted by molar-refractivity contribution is -0.132. The van der Waals surface area contributed by atoms with Crippen LogP contribution in [0.3, 0.4) is 0 Å². The first-order chi connectivity index (χ1) is 13.6. The number of likely N-dealkylation sites (tertiary alicyclic amines) is 1. The summed E-state index contributed by atoms with van der Waals surface area (Å²) in [5.41, 5.74) is 4.54. The van der Waals surface area contributed by atoms with Crippen LogP contribution in [0.4, 0.5) is 5.69 Å². The minimum atomic E-state index is 0.0361. The number of rotatable bonds is 4. The molecule has 2 aromatic rings. The fourth-order valence-electron chi connectivity index (χ4n) is 4.90. The molecule has 5 nitrogen and oxygen atoms in total. The van der Waals surface area contributed by atoms with E-state index in [9.17, 15) is 9.90 Å². The number of carbonyl (C=O) groups is 1. The van der Waals surface area contributed by atoms with E-state index in [-0.39, 0.29) is 30.5 Å². The standard InChI is InChI=1S/C23H28N2O3/c1-4-22(27)25-12-11-18-21(14-26)24(2)20-10-7-16(13-19(20)23(18)25)15-5-8-17(28-3)9-6-15/h5-10,13,18,21,23,26H,4,11-12,14H2,1-3H3/t18-,21-,23-/m0/s1. The summed E-state index contributed by atoms with van der Waals surface area (Å²) in [5.74, 6) is 1.28. The van der Waals surface area contributed by atoms with Gasteiger partial charge in [-0.3, -0.25) is 4.79 Å². The van der Waals surface area contributed by atoms with Crippen molar-refractivity contribution in [2.75, 3.05) is 32.2 Å². The number of ether oxygens (including phenoxy) is 1. The van der Waals surface area contributed by atoms with Gasteiger partial charge in [0, 0.05) is 31.6 Å². The number of hydrogen-bond donors (Lipinski definition) is 1. The average molecular weight is 380 g/mol. The SMILES string of the molecule is CCC(=O)N1CC[C@@H]2[C@H]1c1cc(-c3ccc(OC)cc3)ccc1N(C)[C@H]2CO. The lowest BCUT2D eigenvalue weighted by atomic mass is 9.81. The number of nitrogens with zero attached hydrogens (tertiary/aromatic N) is 2. The van der Waals surface area contributed by atoms with E-state index >= 15 is 0 Å². The first-order valence-electron chi connectivity index (χ1n) is 10.0. The monoisotopic (exact) mass is 380 g/mol. The molecule has 0 unspecified atom stereocenters. The van der Waals surface area contributed by atoms with Crippen LogP contribution in [0.2, 0.25) is 0 Å². The molecule has 3 atom stereocenters. The third kappa shape index (κ3) is 2.94. The summed E-state index contributed by atoms with van der Waals surface area (Å²) >= 11 is 0. The predicted molar refractivity (Wildman–Crippen MR) is 111 cm³/mol. The van der Waals surface area contributed by atoms with E-state index in [0.29, 0.717) is 6.42 Å². The summed E-state index contributed by atoms with van der Waals surface area (Å²) in [6, 6.07) is 14.6. The molecule has 0 aliphatic carbocycles. The number of aliphatic hydroxyl groups is 1. The van der Waals surface area contributed by atoms with E-state index in [1.807, 2.05) is 31.0 Å². The maximum Gasteiger partial charge on any atom is 0.222 e. The van der Waals surface area contributed by atoms with Gasteiger partial charge < -0.3 is 19.6 Å². The fraction of sp³-hybridized carbons (Fsp3) is 0.435. The number of anilines is 1. The Labute approximate surface area is 166 Å². The maximum atomic E-state index is 12.6. The number of benzene rings is 2. The third-order valence-electron chi connectivity index (χ3n) is 6.40. The Bertz CT molecular complexity index is 865. The van der Waals surface area contributed by atoms with Gasteiger partial charge in [0.2, 0.25) is 5.91 Å². The van der Waals surface area contributed by atoms with Crippen molar-refractivity contribution in [2.24, 2.45) is 5.92 Å². The maximum absolute atomic E-state index is 12.6. The van der Waals surface area contributed by atoms with Crippen LogP contribution >= 0.6 is 0 Å². The van der Waals surface area contributed by atoms with Gasteiger partial charge in [0.15, 0.2) is 0 Å². The van der Waals surface area contributed by atoms with Gasteiger partial charge >= 0.3 is 0 Å². The van der Waals surface area contributed by atoms with Gasteiger partial charge in [0.05, 0.1) is 25.8 Å². The van der Waals surface area contributed by atoms with Crippen LogP contribution in [-0.4, -0.2) is 49.3 Å². The number of aliphatic hydroxyl groups excluding tert-OH is 1. The second kappa shape index (κ2) is 7.47. The number of carbonyl (C=O) groups excluding carboxylic acids is 1. The molecule has 5 heteroatoms. The highest BCUT2D eigenvalue weighted by molar-refractivity contribution is 5.78. The molecular weight excluding hydrogens is 352 g/mol. The molecule has 0 spiro atoms. The topological polar surface area (TPSA) is 53.0 Å². The quantitative estimate of drug-likeness (QED) is 0.882. The smallest absolute Gasteiger partial charge is 0.222 e. The Morgan fingerprint density at radius 1 is 1.18 bits per heavy atom. The number of fused-ring (bicyclic) bond motifs is 3. The molecule has 2 heterocycles. The average Bonchev–Trinajstić information content (AvgIpc) is 3.18. The van der Waals surface area contributed by atoms with Crippen LogP contribution in [0.15, 0.2) is 42.5 Å². The highest BCUT2D eigenvalue weighted by atomic mass is 16.5. The predicted octanol–water partition coefficient (Wildman–Crippen LogP) is 3.47. The number of hydrogen-bond acceptors (Lipinski definition) is 4. The van der Waals surface area contributed by atoms with E-state index in [1.54, 1.807) is 7.11 Å². The van der Waals surface area contributed by atoms with Gasteiger partial charge in [-0.05, 0) is 47.4 Å². The van der Waals surface area contributed by atoms with Crippen LogP contribution < -0.4 is 9.64 Å². The minimum Gasteiger partial charge on any atom is -0.497 e. The number of amides is 1. The lowest BCUT2D eigenvalue weighted by Gasteiger charge is -2.44. The van der Waals surface area contributed by atoms with Crippen molar-refractivity contribution < 1.29 is 14.6 Å². The van der Waals surface area contributed by atoms with Crippen molar-refractivity contribution in [3.05, 3.63) is 48.0 Å². The molecule has 1 N–H and O–H groups in total. The summed E-state index contributed by atoms with van der Waals surface area (Å²) in [6.45, 7) is 2.78. The largest absolute Gasteiger partial charge is 0.497 e. The molecule has 0 radical (unpaired) electrons. The number of methoxy groups -OCH3 is 1. The van der Waals surface area contributed by atoms with Crippen LogP contribution in [-0.2, 0) is 4.79 Å². The van der Waals surface area contributed by atoms with Crippen molar-refractivity contribution >= 4 is 11.6 Å². The van der Waals surface area contributed by atoms with Crippen molar-refractivity contribution in [1.29, 1.82) is 0 Å². The van der Waals surface area contributed by atoms with E-state index < -0.39 is 0 Å². The molecule has 4 rings (SSSR count). The molecular formula is C23H28N2O3. The molecule has 2 aromatic carbocycles. The molecule has 0 saturated carbocycles. The van der Waals surface area contributed by atoms with Crippen molar-refractivity contribution in [2.45, 2.75) is 31.8 Å². The van der Waals surface area contributed by atoms with Gasteiger partial charge in [-0.15, -0.1) is 0 Å². The molecule has 148 valence electrons. The van der Waals surface area contributed by atoms with E-state index in [0.717, 1.165) is 35.5 Å². The summed E-state index contributed by atoms with van der Waals surface area (Å²) in [5, 5.41) is 10.0. The molecule has 0 aromatic heterocycles. The first-order valence-corrected chi connectivity index (χ1v) is 10.0. The minimum absolute atomic E-state index is 0.0361. The molecule has 1 fully saturated rings. The Hall–Kier alpha value is -2.53. The normalized spacial score (nSPS) is 23.4. The second-order valence-electron chi connectivity index (χ2n) is 7.70. The Balaban J connectivity index is 1.80. The van der Waals surface area contributed by atoms with Gasteiger partial charge in [0.25, 0.3) is 0 Å². The zero-order chi connectivity index (χ0) is 19.8. The third-order valence-corrected chi connectivity index (χ3v) is 6.40. The highest BCUT2D eigenvalue weighted by Crippen LogP contribution is 2.49. The fourth-order valence-corrected chi connectivity index (χ4v) is 4.90. The molecule has 2 aliphatic heterocycles. The van der Waals surface area contributed by atoms with Crippen molar-refractivity contribution in [3.63, 3.8) is 0 Å². The Morgan fingerprint density at radius 2 is 1.89 bits per heavy atom. The van der Waals surface area contributed by atoms with E-state index in [2.05, 4.69) is 35.2 Å². The zero-order valence-electron chi connectivity index (χ0n) is 16.8. The summed E-state index contributed by atoms with van der Waals surface area (Å²) in [4.78, 5) is 16.8. The summed E-state index contributed by atoms with van der Waals surface area (Å²) < 4.78 is 5.27. The molecule has 2 aliphatic rings. The molecule has 1 amide bonds. The van der Waals surface area contributed by atoms with Gasteiger partial charge in [-0.1, -0.05) is 25.1 Å². The van der Waals surface area contributed by atoms with Crippen LogP contribution in [0, 0.1) is 5.92 Å². The van der Waals surface area contributed by atoms with Crippen molar-refractivity contribution in [3.8, 4) is 16.9 Å². The zero-order valence-corrected chi connectivity index (χ0v) is 16.8. The Morgan fingerprint density at radius 3 is 2.54 bits per heavy atom. The number of likely N-dealkylation sites (N-methyl/N-ethyl adjacent to an activating group) is 1. The Kier molecular flexibility index (Phi) is 5.02. The summed E-state index contributed by atoms with van der Waals surface area (Å²) in [7, 11) is 3.72. The van der Waals surface area contributed by atoms with Crippen molar-refractivity contribution in [1.82, 2.24) is 4.90 Å². The van der Waals surface area contributed by atoms with Crippen LogP contribution in [0.5, 0.6) is 5.75 Å². The molecule has 0 bridgehead atoms. The lowest BCUT2D eigenvalue weighted by Crippen LogP contribution is -2.48. The van der Waals surface area contributed by atoms with Gasteiger partial charge in [-0.2, -0.15) is 0 Å². The molecule has 1 saturated heterocycles. The van der Waals surface area contributed by atoms with Gasteiger partial charge in [-0.25, -0.2) is 0 Å². The highest BCUT2D eigenvalue weighted by Gasteiger charge is 2.47. The molecule has 28 heavy (non-hydrogen) atoms.